The molecule has 2 aromatic carbocycles. The number of aliphatic hydroxyl groups is 1. The van der Waals surface area contributed by atoms with Crippen LogP contribution >= 0.6 is 0 Å². The van der Waals surface area contributed by atoms with Crippen LogP contribution in [-0.2, 0) is 11.2 Å². The molecule has 0 aliphatic heterocycles. The molecule has 0 spiro atoms. The van der Waals surface area contributed by atoms with Crippen LogP contribution in [0.2, 0.25) is 0 Å². The van der Waals surface area contributed by atoms with E-state index in [9.17, 15) is 20.1 Å². The predicted molar refractivity (Wildman–Crippen MR) is 113 cm³/mol. The summed E-state index contributed by atoms with van der Waals surface area (Å²) in [6, 6.07) is 12.9. The third-order valence-electron chi connectivity index (χ3n) is 4.50. The molecule has 2 rings (SSSR count). The maximum Gasteiger partial charge on any atom is 0.260 e. The van der Waals surface area contributed by atoms with E-state index in [1.165, 1.54) is 23.8 Å². The van der Waals surface area contributed by atoms with Crippen LogP contribution in [-0.4, -0.2) is 39.0 Å². The molecular formula is C22H29N3O4. The molecule has 0 bridgehead atoms. The van der Waals surface area contributed by atoms with Crippen molar-refractivity contribution in [3.63, 3.8) is 0 Å². The van der Waals surface area contributed by atoms with E-state index in [4.69, 9.17) is 0 Å². The number of hydrogen-bond donors (Lipinski definition) is 5. The third kappa shape index (κ3) is 6.89. The molecule has 2 unspecified atom stereocenters. The Kier molecular flexibility index (Phi) is 8.18. The second-order valence-corrected chi connectivity index (χ2v) is 7.30. The summed E-state index contributed by atoms with van der Waals surface area (Å²) < 4.78 is 0. The normalized spacial score (nSPS) is 13.9. The van der Waals surface area contributed by atoms with Gasteiger partial charge in [-0.2, -0.15) is 5.10 Å². The summed E-state index contributed by atoms with van der Waals surface area (Å²) in [4.78, 5) is 12.7. The Balaban J connectivity index is 2.13. The van der Waals surface area contributed by atoms with Gasteiger partial charge in [0.15, 0.2) is 11.5 Å². The maximum atomic E-state index is 12.7. The van der Waals surface area contributed by atoms with Crippen molar-refractivity contribution in [2.75, 3.05) is 0 Å². The Morgan fingerprint density at radius 2 is 1.76 bits per heavy atom. The van der Waals surface area contributed by atoms with Crippen molar-refractivity contribution in [1.29, 1.82) is 0 Å². The van der Waals surface area contributed by atoms with Gasteiger partial charge < -0.3 is 20.6 Å². The van der Waals surface area contributed by atoms with Crippen LogP contribution in [0, 0.1) is 0 Å². The molecule has 2 aromatic rings. The molecule has 0 heterocycles. The number of hydrogen-bond acceptors (Lipinski definition) is 6. The van der Waals surface area contributed by atoms with Crippen LogP contribution in [0.25, 0.3) is 0 Å². The van der Waals surface area contributed by atoms with Gasteiger partial charge in [-0.05, 0) is 56.9 Å². The van der Waals surface area contributed by atoms with Gasteiger partial charge in [-0.3, -0.25) is 4.79 Å². The highest BCUT2D eigenvalue weighted by Gasteiger charge is 2.29. The predicted octanol–water partition coefficient (Wildman–Crippen LogP) is 2.62. The first-order chi connectivity index (χ1) is 13.8. The summed E-state index contributed by atoms with van der Waals surface area (Å²) in [5.41, 5.74) is 4.62. The molecule has 29 heavy (non-hydrogen) atoms. The minimum atomic E-state index is -1.24. The Morgan fingerprint density at radius 3 is 2.38 bits per heavy atom. The quantitative estimate of drug-likeness (QED) is 0.253. The van der Waals surface area contributed by atoms with Gasteiger partial charge in [0.25, 0.3) is 5.91 Å². The zero-order valence-corrected chi connectivity index (χ0v) is 17.0. The molecule has 0 saturated carbocycles. The first-order valence-corrected chi connectivity index (χ1v) is 9.58. The van der Waals surface area contributed by atoms with Crippen LogP contribution in [0.5, 0.6) is 11.5 Å². The fourth-order valence-electron chi connectivity index (χ4n) is 2.88. The van der Waals surface area contributed by atoms with Crippen molar-refractivity contribution in [2.45, 2.75) is 51.8 Å². The summed E-state index contributed by atoms with van der Waals surface area (Å²) in [6.07, 6.45) is 0.344. The van der Waals surface area contributed by atoms with Gasteiger partial charge >= 0.3 is 0 Å². The average molecular weight is 399 g/mol. The van der Waals surface area contributed by atoms with E-state index in [1.807, 2.05) is 37.3 Å². The van der Waals surface area contributed by atoms with Crippen LogP contribution in [0.15, 0.2) is 53.6 Å². The van der Waals surface area contributed by atoms with Gasteiger partial charge in [-0.1, -0.05) is 36.4 Å². The molecule has 3 atom stereocenters. The summed E-state index contributed by atoms with van der Waals surface area (Å²) in [7, 11) is 0. The summed E-state index contributed by atoms with van der Waals surface area (Å²) in [5, 5.41) is 37.1. The molecule has 1 amide bonds. The molecule has 0 aromatic heterocycles. The fraction of sp³-hybridized carbons (Fsp3) is 0.364. The fourth-order valence-corrected chi connectivity index (χ4v) is 2.88. The number of nitrogens with zero attached hydrogens (tertiary/aromatic N) is 1. The number of carbonyl (C=O) groups excluding carboxylic acids is 1. The molecule has 0 fully saturated rings. The van der Waals surface area contributed by atoms with Gasteiger partial charge in [0.2, 0.25) is 0 Å². The smallest absolute Gasteiger partial charge is 0.260 e. The van der Waals surface area contributed by atoms with E-state index in [0.29, 0.717) is 11.3 Å². The lowest BCUT2D eigenvalue weighted by atomic mass is 9.99. The summed E-state index contributed by atoms with van der Waals surface area (Å²) in [6.45, 7) is 5.44. The number of phenols is 2. The number of amides is 1. The van der Waals surface area contributed by atoms with Crippen molar-refractivity contribution in [3.8, 4) is 11.5 Å². The molecule has 7 heteroatoms. The number of benzene rings is 2. The molecule has 0 aliphatic rings. The van der Waals surface area contributed by atoms with Crippen molar-refractivity contribution in [2.24, 2.45) is 5.10 Å². The third-order valence-corrected chi connectivity index (χ3v) is 4.50. The van der Waals surface area contributed by atoms with E-state index in [2.05, 4.69) is 15.8 Å². The molecule has 0 radical (unpaired) electrons. The van der Waals surface area contributed by atoms with Gasteiger partial charge in [0, 0.05) is 11.8 Å². The second-order valence-electron chi connectivity index (χ2n) is 7.30. The minimum absolute atomic E-state index is 0.0713. The van der Waals surface area contributed by atoms with E-state index in [0.717, 1.165) is 12.8 Å². The molecular weight excluding hydrogens is 370 g/mol. The van der Waals surface area contributed by atoms with Gasteiger partial charge in [-0.25, -0.2) is 5.43 Å². The van der Waals surface area contributed by atoms with Gasteiger partial charge in [0.1, 0.15) is 12.1 Å². The second kappa shape index (κ2) is 10.6. The molecule has 0 aliphatic carbocycles. The number of hydrazone groups is 1. The number of nitrogens with one attached hydrogen (secondary N) is 2. The van der Waals surface area contributed by atoms with Crippen molar-refractivity contribution in [1.82, 2.24) is 10.7 Å². The van der Waals surface area contributed by atoms with Crippen LogP contribution in [0.4, 0.5) is 0 Å². The Hall–Kier alpha value is -2.90. The highest BCUT2D eigenvalue weighted by atomic mass is 16.3. The first-order valence-electron chi connectivity index (χ1n) is 9.58. The largest absolute Gasteiger partial charge is 0.504 e. The van der Waals surface area contributed by atoms with Crippen molar-refractivity contribution in [3.05, 3.63) is 59.7 Å². The summed E-state index contributed by atoms with van der Waals surface area (Å²) in [5.74, 6) is -1.14. The SMILES string of the molecule is CC(C)=NNC(=O)[C@@H](NC(C)CCc1ccccc1)C(O)c1ccc(O)c(O)c1. The van der Waals surface area contributed by atoms with Crippen molar-refractivity contribution >= 4 is 11.6 Å². The Bertz CT molecular complexity index is 835. The van der Waals surface area contributed by atoms with E-state index < -0.39 is 18.1 Å². The van der Waals surface area contributed by atoms with E-state index in [-0.39, 0.29) is 17.5 Å². The lowest BCUT2D eigenvalue weighted by molar-refractivity contribution is -0.126. The molecule has 0 saturated heterocycles. The highest BCUT2D eigenvalue weighted by molar-refractivity contribution is 5.85. The van der Waals surface area contributed by atoms with Gasteiger partial charge in [-0.15, -0.1) is 0 Å². The highest BCUT2D eigenvalue weighted by Crippen LogP contribution is 2.29. The topological polar surface area (TPSA) is 114 Å². The Morgan fingerprint density at radius 1 is 1.07 bits per heavy atom. The average Bonchev–Trinajstić information content (AvgIpc) is 2.71. The van der Waals surface area contributed by atoms with Crippen molar-refractivity contribution < 1.29 is 20.1 Å². The lowest BCUT2D eigenvalue weighted by Crippen LogP contribution is -2.50. The lowest BCUT2D eigenvalue weighted by Gasteiger charge is -2.26. The zero-order chi connectivity index (χ0) is 21.4. The monoisotopic (exact) mass is 399 g/mol. The number of aliphatic hydroxyl groups excluding tert-OH is 1. The zero-order valence-electron chi connectivity index (χ0n) is 17.0. The number of rotatable bonds is 9. The van der Waals surface area contributed by atoms with Crippen LogP contribution < -0.4 is 10.7 Å². The van der Waals surface area contributed by atoms with Crippen LogP contribution in [0.3, 0.4) is 0 Å². The number of carbonyl (C=O) groups is 1. The standard InChI is InChI=1S/C22H29N3O4/c1-14(2)24-25-22(29)20(21(28)17-11-12-18(26)19(27)13-17)23-15(3)9-10-16-7-5-4-6-8-16/h4-8,11-13,15,20-21,23,26-28H,9-10H2,1-3H3,(H,25,29)/t15?,20-,21?/m0/s1. The summed E-state index contributed by atoms with van der Waals surface area (Å²) >= 11 is 0. The van der Waals surface area contributed by atoms with Crippen LogP contribution in [0.1, 0.15) is 44.4 Å². The first kappa shape index (κ1) is 22.4. The number of aryl methyl sites for hydroxylation is 1. The molecule has 5 N–H and O–H groups in total. The molecule has 7 nitrogen and oxygen atoms in total. The van der Waals surface area contributed by atoms with Gasteiger partial charge in [0.05, 0.1) is 0 Å². The van der Waals surface area contributed by atoms with E-state index >= 15 is 0 Å². The number of aromatic hydroxyl groups is 2. The van der Waals surface area contributed by atoms with E-state index in [1.54, 1.807) is 13.8 Å². The maximum absolute atomic E-state index is 12.7. The minimum Gasteiger partial charge on any atom is -0.504 e. The molecule has 156 valence electrons. The number of phenolic OH excluding ortho intramolecular Hbond substituents is 2. The Labute approximate surface area is 171 Å².